The van der Waals surface area contributed by atoms with E-state index in [1.165, 1.54) is 11.7 Å². The number of hydrogen-bond donors (Lipinski definition) is 1. The molecule has 1 N–H and O–H groups in total. The average molecular weight is 230 g/mol. The molecule has 0 aliphatic carbocycles. The molecule has 1 heterocycles. The minimum Gasteiger partial charge on any atom is -0.497 e. The van der Waals surface area contributed by atoms with Crippen molar-refractivity contribution in [3.63, 3.8) is 0 Å². The third-order valence-electron chi connectivity index (χ3n) is 2.72. The lowest BCUT2D eigenvalue weighted by atomic mass is 10.1. The van der Waals surface area contributed by atoms with Crippen LogP contribution < -0.4 is 4.74 Å². The van der Waals surface area contributed by atoms with Crippen LogP contribution in [0.4, 0.5) is 0 Å². The molecule has 0 saturated carbocycles. The van der Waals surface area contributed by atoms with E-state index in [9.17, 15) is 4.79 Å². The van der Waals surface area contributed by atoms with Crippen molar-refractivity contribution in [1.29, 1.82) is 5.26 Å². The number of rotatable bonds is 2. The first kappa shape index (κ1) is 11.0. The lowest BCUT2D eigenvalue weighted by Gasteiger charge is -2.01. The zero-order valence-electron chi connectivity index (χ0n) is 9.39. The van der Waals surface area contributed by atoms with Crippen molar-refractivity contribution in [2.75, 3.05) is 7.11 Å². The first-order valence-corrected chi connectivity index (χ1v) is 4.90. The fourth-order valence-corrected chi connectivity index (χ4v) is 1.91. The van der Waals surface area contributed by atoms with Crippen molar-refractivity contribution in [2.45, 2.75) is 0 Å². The number of aromatic nitrogens is 1. The van der Waals surface area contributed by atoms with Gasteiger partial charge in [0, 0.05) is 18.5 Å². The summed E-state index contributed by atoms with van der Waals surface area (Å²) in [6, 6.07) is 7.04. The second kappa shape index (κ2) is 3.83. The molecule has 0 spiro atoms. The average Bonchev–Trinajstić information content (AvgIpc) is 2.61. The number of fused-ring (bicyclic) bond motifs is 1. The number of ether oxygens (including phenoxy) is 1. The fraction of sp³-hybridized carbons (Fsp3) is 0.167. The van der Waals surface area contributed by atoms with Crippen molar-refractivity contribution < 1.29 is 14.6 Å². The summed E-state index contributed by atoms with van der Waals surface area (Å²) < 4.78 is 6.56. The van der Waals surface area contributed by atoms with E-state index >= 15 is 0 Å². The molecule has 2 rings (SSSR count). The Labute approximate surface area is 97.5 Å². The van der Waals surface area contributed by atoms with E-state index in [2.05, 4.69) is 0 Å². The summed E-state index contributed by atoms with van der Waals surface area (Å²) >= 11 is 0. The second-order valence-electron chi connectivity index (χ2n) is 3.58. The van der Waals surface area contributed by atoms with Gasteiger partial charge in [-0.2, -0.15) is 5.26 Å². The van der Waals surface area contributed by atoms with Crippen LogP contribution in [-0.2, 0) is 7.05 Å². The molecule has 0 fully saturated rings. The third-order valence-corrected chi connectivity index (χ3v) is 2.72. The van der Waals surface area contributed by atoms with Crippen LogP contribution >= 0.6 is 0 Å². The van der Waals surface area contributed by atoms with Gasteiger partial charge in [0.1, 0.15) is 17.5 Å². The molecule has 17 heavy (non-hydrogen) atoms. The number of carboxylic acids is 1. The highest BCUT2D eigenvalue weighted by Crippen LogP contribution is 2.28. The Morgan fingerprint density at radius 2 is 2.24 bits per heavy atom. The second-order valence-corrected chi connectivity index (χ2v) is 3.58. The zero-order chi connectivity index (χ0) is 12.6. The normalized spacial score (nSPS) is 10.2. The molecular formula is C12H10N2O3. The molecule has 0 amide bonds. The summed E-state index contributed by atoms with van der Waals surface area (Å²) in [5, 5.41) is 18.8. The standard InChI is InChI=1S/C12H10N2O3/c1-14-10-5-7(17-2)3-4-8(10)9(6-13)11(14)12(15)16/h3-5H,1-2H3,(H,15,16). The number of hydrogen-bond acceptors (Lipinski definition) is 3. The fourth-order valence-electron chi connectivity index (χ4n) is 1.91. The van der Waals surface area contributed by atoms with Gasteiger partial charge in [-0.1, -0.05) is 0 Å². The molecule has 0 unspecified atom stereocenters. The molecule has 1 aromatic heterocycles. The van der Waals surface area contributed by atoms with Crippen molar-refractivity contribution in [1.82, 2.24) is 4.57 Å². The summed E-state index contributed by atoms with van der Waals surface area (Å²) in [6.07, 6.45) is 0. The smallest absolute Gasteiger partial charge is 0.353 e. The zero-order valence-corrected chi connectivity index (χ0v) is 9.39. The van der Waals surface area contributed by atoms with Crippen LogP contribution in [0.2, 0.25) is 0 Å². The van der Waals surface area contributed by atoms with Gasteiger partial charge in [0.05, 0.1) is 18.2 Å². The molecule has 0 aliphatic heterocycles. The van der Waals surface area contributed by atoms with Crippen LogP contribution in [0.15, 0.2) is 18.2 Å². The van der Waals surface area contributed by atoms with Crippen molar-refractivity contribution in [3.05, 3.63) is 29.5 Å². The van der Waals surface area contributed by atoms with Crippen molar-refractivity contribution in [3.8, 4) is 11.8 Å². The predicted molar refractivity (Wildman–Crippen MR) is 61.1 cm³/mol. The van der Waals surface area contributed by atoms with Gasteiger partial charge in [-0.15, -0.1) is 0 Å². The van der Waals surface area contributed by atoms with E-state index in [0.717, 1.165) is 0 Å². The van der Waals surface area contributed by atoms with Crippen LogP contribution in [0, 0.1) is 11.3 Å². The SMILES string of the molecule is COc1ccc2c(C#N)c(C(=O)O)n(C)c2c1. The summed E-state index contributed by atoms with van der Waals surface area (Å²) in [5.41, 5.74) is 0.840. The van der Waals surface area contributed by atoms with Crippen molar-refractivity contribution >= 4 is 16.9 Å². The highest BCUT2D eigenvalue weighted by molar-refractivity contribution is 6.00. The minimum atomic E-state index is -1.11. The first-order chi connectivity index (χ1) is 8.10. The van der Waals surface area contributed by atoms with Crippen LogP contribution in [0.5, 0.6) is 5.75 Å². The molecular weight excluding hydrogens is 220 g/mol. The Morgan fingerprint density at radius 3 is 2.76 bits per heavy atom. The molecule has 5 nitrogen and oxygen atoms in total. The number of aromatic carboxylic acids is 1. The van der Waals surface area contributed by atoms with Gasteiger partial charge in [-0.05, 0) is 12.1 Å². The molecule has 86 valence electrons. The number of benzene rings is 1. The number of carbonyl (C=O) groups is 1. The summed E-state index contributed by atoms with van der Waals surface area (Å²) in [7, 11) is 3.15. The van der Waals surface area contributed by atoms with E-state index in [1.807, 2.05) is 6.07 Å². The minimum absolute atomic E-state index is 0.00393. The topological polar surface area (TPSA) is 75.2 Å². The largest absolute Gasteiger partial charge is 0.497 e. The molecule has 2 aromatic rings. The van der Waals surface area contributed by atoms with E-state index in [0.29, 0.717) is 16.7 Å². The van der Waals surface area contributed by atoms with Gasteiger partial charge in [-0.3, -0.25) is 0 Å². The van der Waals surface area contributed by atoms with E-state index in [1.54, 1.807) is 25.2 Å². The van der Waals surface area contributed by atoms with E-state index < -0.39 is 5.97 Å². The first-order valence-electron chi connectivity index (χ1n) is 4.90. The summed E-state index contributed by atoms with van der Waals surface area (Å²) in [4.78, 5) is 11.1. The highest BCUT2D eigenvalue weighted by Gasteiger charge is 2.20. The van der Waals surface area contributed by atoms with Crippen molar-refractivity contribution in [2.24, 2.45) is 7.05 Å². The van der Waals surface area contributed by atoms with Crippen LogP contribution in [0.1, 0.15) is 16.1 Å². The van der Waals surface area contributed by atoms with Gasteiger partial charge >= 0.3 is 5.97 Å². The van der Waals surface area contributed by atoms with Gasteiger partial charge in [0.2, 0.25) is 0 Å². The molecule has 0 radical (unpaired) electrons. The van der Waals surface area contributed by atoms with Gasteiger partial charge < -0.3 is 14.4 Å². The molecule has 0 aliphatic rings. The summed E-state index contributed by atoms with van der Waals surface area (Å²) in [5.74, 6) is -0.487. The summed E-state index contributed by atoms with van der Waals surface area (Å²) in [6.45, 7) is 0. The molecule has 1 aromatic carbocycles. The molecule has 0 atom stereocenters. The quantitative estimate of drug-likeness (QED) is 0.852. The molecule has 0 saturated heterocycles. The van der Waals surface area contributed by atoms with Crippen LogP contribution in [-0.4, -0.2) is 22.8 Å². The Kier molecular flexibility index (Phi) is 2.48. The maximum atomic E-state index is 11.1. The van der Waals surface area contributed by atoms with E-state index in [4.69, 9.17) is 15.1 Å². The number of nitrogens with zero attached hydrogens (tertiary/aromatic N) is 2. The lowest BCUT2D eigenvalue weighted by molar-refractivity contribution is 0.0686. The number of nitriles is 1. The Morgan fingerprint density at radius 1 is 1.53 bits per heavy atom. The Bertz CT molecular complexity index is 650. The van der Waals surface area contributed by atoms with E-state index in [-0.39, 0.29) is 11.3 Å². The Hall–Kier alpha value is -2.48. The lowest BCUT2D eigenvalue weighted by Crippen LogP contribution is -2.05. The van der Waals surface area contributed by atoms with Crippen LogP contribution in [0.3, 0.4) is 0 Å². The monoisotopic (exact) mass is 230 g/mol. The van der Waals surface area contributed by atoms with Gasteiger partial charge in [-0.25, -0.2) is 4.79 Å². The predicted octanol–water partition coefficient (Wildman–Crippen LogP) is 1.76. The van der Waals surface area contributed by atoms with Gasteiger partial charge in [0.15, 0.2) is 0 Å². The maximum Gasteiger partial charge on any atom is 0.353 e. The molecule has 0 bridgehead atoms. The Balaban J connectivity index is 2.90. The third kappa shape index (κ3) is 1.51. The maximum absolute atomic E-state index is 11.1. The highest BCUT2D eigenvalue weighted by atomic mass is 16.5. The van der Waals surface area contributed by atoms with Gasteiger partial charge in [0.25, 0.3) is 0 Å². The number of aryl methyl sites for hydroxylation is 1. The number of methoxy groups -OCH3 is 1. The number of carboxylic acid groups (broad SMARTS) is 1. The van der Waals surface area contributed by atoms with Crippen LogP contribution in [0.25, 0.3) is 10.9 Å². The molecule has 5 heteroatoms.